The second-order valence-electron chi connectivity index (χ2n) is 6.31. The van der Waals surface area contributed by atoms with Crippen molar-refractivity contribution in [3.05, 3.63) is 64.3 Å². The van der Waals surface area contributed by atoms with Crippen molar-refractivity contribution < 1.29 is 37.6 Å². The summed E-state index contributed by atoms with van der Waals surface area (Å²) in [7, 11) is 0. The molecule has 0 unspecified atom stereocenters. The number of aliphatic hydroxyl groups is 1. The normalized spacial score (nSPS) is 29.8. The van der Waals surface area contributed by atoms with E-state index < -0.39 is 58.3 Å². The highest BCUT2D eigenvalue weighted by molar-refractivity contribution is 5.61. The van der Waals surface area contributed by atoms with Crippen LogP contribution in [0.3, 0.4) is 0 Å². The average Bonchev–Trinajstić information content (AvgIpc) is 2.87. The van der Waals surface area contributed by atoms with Crippen LogP contribution in [0.25, 0.3) is 4.85 Å². The van der Waals surface area contributed by atoms with Gasteiger partial charge in [0.15, 0.2) is 11.3 Å². The highest BCUT2D eigenvalue weighted by Crippen LogP contribution is 2.68. The van der Waals surface area contributed by atoms with Crippen LogP contribution in [-0.4, -0.2) is 11.0 Å². The summed E-state index contributed by atoms with van der Waals surface area (Å²) in [6.45, 7) is 6.89. The summed E-state index contributed by atoms with van der Waals surface area (Å²) < 4.78 is 98.2. The minimum atomic E-state index is -5.04. The predicted octanol–water partition coefficient (Wildman–Crippen LogP) is 5.51. The Bertz CT molecular complexity index is 1060. The summed E-state index contributed by atoms with van der Waals surface area (Å²) in [5.74, 6) is -11.6. The summed E-state index contributed by atoms with van der Waals surface area (Å²) in [6.07, 6.45) is -4.98. The van der Waals surface area contributed by atoms with Crippen LogP contribution in [0.15, 0.2) is 30.3 Å². The third-order valence-corrected chi connectivity index (χ3v) is 4.73. The van der Waals surface area contributed by atoms with Crippen molar-refractivity contribution in [2.75, 3.05) is 0 Å². The molecule has 2 aliphatic rings. The van der Waals surface area contributed by atoms with E-state index in [1.54, 1.807) is 0 Å². The van der Waals surface area contributed by atoms with Crippen molar-refractivity contribution in [1.82, 2.24) is 0 Å². The van der Waals surface area contributed by atoms with Gasteiger partial charge in [0.25, 0.3) is 0 Å². The molecule has 0 saturated heterocycles. The molecule has 0 spiro atoms. The van der Waals surface area contributed by atoms with Gasteiger partial charge in [-0.15, -0.1) is 0 Å². The lowest BCUT2D eigenvalue weighted by atomic mass is 9.95. The molecule has 2 aliphatic carbocycles. The van der Waals surface area contributed by atoms with E-state index in [0.717, 1.165) is 24.3 Å². The van der Waals surface area contributed by atoms with Gasteiger partial charge < -0.3 is 9.84 Å². The van der Waals surface area contributed by atoms with E-state index in [1.165, 1.54) is 0 Å². The molecule has 2 atom stereocenters. The number of nitrogens with zero attached hydrogens (tertiary/aromatic N) is 1. The van der Waals surface area contributed by atoms with Crippen LogP contribution in [0.5, 0.6) is 11.5 Å². The summed E-state index contributed by atoms with van der Waals surface area (Å²) in [5.41, 5.74) is -7.15. The van der Waals surface area contributed by atoms with E-state index in [4.69, 9.17) is 12.7 Å². The Balaban J connectivity index is 1.93. The molecule has 2 aromatic rings. The minimum Gasteiger partial charge on any atom is -0.458 e. The molecule has 9 heteroatoms. The number of alkyl halides is 5. The maximum atomic E-state index is 14.8. The summed E-state index contributed by atoms with van der Waals surface area (Å²) in [4.78, 5) is 3.00. The van der Waals surface area contributed by atoms with E-state index in [9.17, 15) is 31.4 Å². The first-order valence-electron chi connectivity index (χ1n) is 8.06. The van der Waals surface area contributed by atoms with Gasteiger partial charge in [0.05, 0.1) is 7.94 Å². The first-order valence-corrected chi connectivity index (χ1v) is 7.56. The van der Waals surface area contributed by atoms with Gasteiger partial charge in [-0.1, -0.05) is 0 Å². The first kappa shape index (κ1) is 16.4. The summed E-state index contributed by atoms with van der Waals surface area (Å²) in [5, 5.41) is 10.3. The van der Waals surface area contributed by atoms with E-state index >= 15 is 0 Å². The summed E-state index contributed by atoms with van der Waals surface area (Å²) >= 11 is 0. The van der Waals surface area contributed by atoms with Gasteiger partial charge in [0.1, 0.15) is 23.5 Å². The Morgan fingerprint density at radius 3 is 2.59 bits per heavy atom. The monoisotopic (exact) mass is 386 g/mol. The van der Waals surface area contributed by atoms with Crippen molar-refractivity contribution in [3.8, 4) is 11.5 Å². The van der Waals surface area contributed by atoms with Gasteiger partial charge in [-0.05, 0) is 24.3 Å². The topological polar surface area (TPSA) is 33.8 Å². The van der Waals surface area contributed by atoms with Crippen molar-refractivity contribution in [2.45, 2.75) is 30.0 Å². The minimum absolute atomic E-state index is 0.181. The molecule has 0 bridgehead atoms. The lowest BCUT2D eigenvalue weighted by Gasteiger charge is -2.30. The van der Waals surface area contributed by atoms with Crippen LogP contribution >= 0.6 is 0 Å². The quantitative estimate of drug-likeness (QED) is 0.545. The number of ether oxygens (including phenoxy) is 1. The van der Waals surface area contributed by atoms with Gasteiger partial charge in [0, 0.05) is 29.2 Å². The molecule has 0 radical (unpaired) electrons. The van der Waals surface area contributed by atoms with Gasteiger partial charge in [-0.25, -0.2) is 13.6 Å². The standard InChI is InChI=1S/C18H9F6NO2/c1-25-9-4-8(19)5-10(6-9)27-13-3-2-11-15-14(13)12(20)7-16(15,26)18(23,24)17(11,21)22/h2-6,12,26H,7H2/t12-,16+/m0/s1/i12D. The molecule has 3 nitrogen and oxygen atoms in total. The Labute approximate surface area is 150 Å². The summed E-state index contributed by atoms with van der Waals surface area (Å²) in [6, 6.07) is 4.05. The molecule has 0 heterocycles. The lowest BCUT2D eigenvalue weighted by molar-refractivity contribution is -0.287. The molecule has 27 heavy (non-hydrogen) atoms. The molecule has 2 aromatic carbocycles. The lowest BCUT2D eigenvalue weighted by Crippen LogP contribution is -2.48. The van der Waals surface area contributed by atoms with Crippen LogP contribution in [0, 0.1) is 12.4 Å². The van der Waals surface area contributed by atoms with E-state index in [2.05, 4.69) is 4.85 Å². The molecule has 0 aromatic heterocycles. The molecule has 0 aliphatic heterocycles. The van der Waals surface area contributed by atoms with E-state index in [-0.39, 0.29) is 11.4 Å². The molecule has 1 N–H and O–H groups in total. The molecular weight excluding hydrogens is 376 g/mol. The predicted molar refractivity (Wildman–Crippen MR) is 80.4 cm³/mol. The Kier molecular flexibility index (Phi) is 3.15. The highest BCUT2D eigenvalue weighted by atomic mass is 19.3. The van der Waals surface area contributed by atoms with Gasteiger partial charge in [0.2, 0.25) is 0 Å². The second kappa shape index (κ2) is 5.16. The molecule has 140 valence electrons. The number of rotatable bonds is 2. The van der Waals surface area contributed by atoms with Crippen LogP contribution < -0.4 is 4.74 Å². The Morgan fingerprint density at radius 1 is 1.22 bits per heavy atom. The number of hydrogen-bond acceptors (Lipinski definition) is 2. The smallest absolute Gasteiger partial charge is 0.346 e. The average molecular weight is 386 g/mol. The largest absolute Gasteiger partial charge is 0.458 e. The van der Waals surface area contributed by atoms with Crippen molar-refractivity contribution in [2.24, 2.45) is 0 Å². The number of hydrogen-bond donors (Lipinski definition) is 1. The van der Waals surface area contributed by atoms with Crippen LogP contribution in [0.1, 0.15) is 30.6 Å². The second-order valence-corrected chi connectivity index (χ2v) is 6.31. The SMILES string of the molecule is [2H][C@]1(F)C[C@@]2(O)c3c(ccc(Oc4cc(F)cc([N+]#[C-])c4)c31)C(F)(F)C2(F)F. The van der Waals surface area contributed by atoms with Crippen molar-refractivity contribution >= 4 is 5.69 Å². The first-order chi connectivity index (χ1) is 12.8. The molecular formula is C18H9F6NO2. The zero-order valence-corrected chi connectivity index (χ0v) is 13.2. The van der Waals surface area contributed by atoms with E-state index in [1.807, 2.05) is 0 Å². The van der Waals surface area contributed by atoms with Crippen LogP contribution in [0.2, 0.25) is 0 Å². The fraction of sp³-hybridized carbons (Fsp3) is 0.278. The zero-order valence-electron chi connectivity index (χ0n) is 14.2. The van der Waals surface area contributed by atoms with Crippen LogP contribution in [0.4, 0.5) is 32.0 Å². The van der Waals surface area contributed by atoms with Crippen molar-refractivity contribution in [3.63, 3.8) is 0 Å². The maximum absolute atomic E-state index is 14.8. The fourth-order valence-electron chi connectivity index (χ4n) is 3.53. The third-order valence-electron chi connectivity index (χ3n) is 4.73. The Morgan fingerprint density at radius 2 is 1.93 bits per heavy atom. The van der Waals surface area contributed by atoms with Gasteiger partial charge in [-0.2, -0.15) is 17.6 Å². The number of benzene rings is 2. The maximum Gasteiger partial charge on any atom is 0.346 e. The molecule has 0 fully saturated rings. The van der Waals surface area contributed by atoms with Crippen LogP contribution in [-0.2, 0) is 11.5 Å². The van der Waals surface area contributed by atoms with Gasteiger partial charge in [-0.3, -0.25) is 0 Å². The van der Waals surface area contributed by atoms with Crippen molar-refractivity contribution in [1.29, 1.82) is 0 Å². The number of halogens is 6. The fourth-order valence-corrected chi connectivity index (χ4v) is 3.53. The third kappa shape index (κ3) is 2.07. The zero-order chi connectivity index (χ0) is 20.7. The van der Waals surface area contributed by atoms with E-state index in [0.29, 0.717) is 6.07 Å². The Hall–Kier alpha value is -2.73. The highest BCUT2D eigenvalue weighted by Gasteiger charge is 2.79. The van der Waals surface area contributed by atoms with Gasteiger partial charge >= 0.3 is 11.8 Å². The molecule has 0 amide bonds. The molecule has 4 rings (SSSR count). The molecule has 0 saturated carbocycles.